The molecule has 3 N–H and O–H groups in total. The fourth-order valence-corrected chi connectivity index (χ4v) is 1.60. The number of carbonyl (C=O) groups is 1. The number of nitrogens with one attached hydrogen (secondary N) is 1. The number of amides is 1. The van der Waals surface area contributed by atoms with Crippen LogP contribution in [-0.2, 0) is 9.53 Å². The van der Waals surface area contributed by atoms with E-state index in [9.17, 15) is 4.79 Å². The summed E-state index contributed by atoms with van der Waals surface area (Å²) in [5.41, 5.74) is 5.48. The van der Waals surface area contributed by atoms with E-state index in [-0.39, 0.29) is 18.1 Å². The van der Waals surface area contributed by atoms with Crippen LogP contribution in [0.1, 0.15) is 33.1 Å². The fourth-order valence-electron chi connectivity index (χ4n) is 1.60. The van der Waals surface area contributed by atoms with Crippen LogP contribution in [0.3, 0.4) is 0 Å². The third-order valence-electron chi connectivity index (χ3n) is 2.98. The molecule has 1 fully saturated rings. The second-order valence-electron chi connectivity index (χ2n) is 4.32. The first kappa shape index (κ1) is 12.5. The molecule has 3 unspecified atom stereocenters. The maximum atomic E-state index is 11.7. The van der Waals surface area contributed by atoms with Crippen molar-refractivity contribution in [1.29, 1.82) is 0 Å². The van der Waals surface area contributed by atoms with E-state index < -0.39 is 0 Å². The SMILES string of the molecule is CCC(C)CNC(=O)C1CCC(CN)O1. The summed E-state index contributed by atoms with van der Waals surface area (Å²) >= 11 is 0. The third kappa shape index (κ3) is 3.80. The van der Waals surface area contributed by atoms with Gasteiger partial charge in [0.2, 0.25) is 5.91 Å². The largest absolute Gasteiger partial charge is 0.364 e. The molecule has 3 atom stereocenters. The van der Waals surface area contributed by atoms with Gasteiger partial charge in [0.25, 0.3) is 0 Å². The predicted molar refractivity (Wildman–Crippen MR) is 59.4 cm³/mol. The summed E-state index contributed by atoms with van der Waals surface area (Å²) in [6.07, 6.45) is 2.58. The van der Waals surface area contributed by atoms with E-state index in [0.29, 0.717) is 12.5 Å². The van der Waals surface area contributed by atoms with Gasteiger partial charge in [0.15, 0.2) is 0 Å². The highest BCUT2D eigenvalue weighted by atomic mass is 16.5. The lowest BCUT2D eigenvalue weighted by molar-refractivity contribution is -0.132. The molecule has 0 spiro atoms. The molecule has 1 amide bonds. The average Bonchev–Trinajstić information content (AvgIpc) is 2.73. The van der Waals surface area contributed by atoms with Gasteiger partial charge in [-0.25, -0.2) is 0 Å². The highest BCUT2D eigenvalue weighted by Gasteiger charge is 2.29. The van der Waals surface area contributed by atoms with E-state index in [1.807, 2.05) is 0 Å². The molecule has 0 aromatic heterocycles. The van der Waals surface area contributed by atoms with Gasteiger partial charge in [-0.15, -0.1) is 0 Å². The lowest BCUT2D eigenvalue weighted by Crippen LogP contribution is -2.37. The first-order chi connectivity index (χ1) is 7.17. The number of ether oxygens (including phenoxy) is 1. The zero-order chi connectivity index (χ0) is 11.3. The van der Waals surface area contributed by atoms with Crippen LogP contribution >= 0.6 is 0 Å². The van der Waals surface area contributed by atoms with Crippen molar-refractivity contribution < 1.29 is 9.53 Å². The van der Waals surface area contributed by atoms with Gasteiger partial charge in [0.05, 0.1) is 6.10 Å². The number of hydrogen-bond donors (Lipinski definition) is 2. The second kappa shape index (κ2) is 6.08. The molecule has 4 heteroatoms. The number of carbonyl (C=O) groups excluding carboxylic acids is 1. The topological polar surface area (TPSA) is 64.4 Å². The Morgan fingerprint density at radius 2 is 2.33 bits per heavy atom. The molecule has 1 heterocycles. The van der Waals surface area contributed by atoms with Gasteiger partial charge in [-0.2, -0.15) is 0 Å². The van der Waals surface area contributed by atoms with Gasteiger partial charge < -0.3 is 15.8 Å². The van der Waals surface area contributed by atoms with E-state index >= 15 is 0 Å². The average molecular weight is 214 g/mol. The quantitative estimate of drug-likeness (QED) is 0.706. The summed E-state index contributed by atoms with van der Waals surface area (Å²) < 4.78 is 5.50. The van der Waals surface area contributed by atoms with Gasteiger partial charge in [0, 0.05) is 13.1 Å². The zero-order valence-corrected chi connectivity index (χ0v) is 9.66. The van der Waals surface area contributed by atoms with E-state index in [4.69, 9.17) is 10.5 Å². The summed E-state index contributed by atoms with van der Waals surface area (Å²) in [6.45, 7) is 5.49. The minimum absolute atomic E-state index is 0.0197. The predicted octanol–water partition coefficient (Wildman–Crippen LogP) is 0.655. The van der Waals surface area contributed by atoms with Crippen LogP contribution in [0.4, 0.5) is 0 Å². The molecular weight excluding hydrogens is 192 g/mol. The van der Waals surface area contributed by atoms with Crippen molar-refractivity contribution in [3.8, 4) is 0 Å². The van der Waals surface area contributed by atoms with E-state index in [0.717, 1.165) is 25.8 Å². The van der Waals surface area contributed by atoms with Crippen LogP contribution in [0, 0.1) is 5.92 Å². The molecule has 0 aromatic rings. The first-order valence-electron chi connectivity index (χ1n) is 5.80. The van der Waals surface area contributed by atoms with Crippen LogP contribution in [0.5, 0.6) is 0 Å². The van der Waals surface area contributed by atoms with Gasteiger partial charge in [-0.1, -0.05) is 20.3 Å². The summed E-state index contributed by atoms with van der Waals surface area (Å²) in [5, 5.41) is 2.92. The molecule has 1 aliphatic heterocycles. The molecule has 0 bridgehead atoms. The van der Waals surface area contributed by atoms with Crippen molar-refractivity contribution in [2.75, 3.05) is 13.1 Å². The van der Waals surface area contributed by atoms with E-state index in [1.54, 1.807) is 0 Å². The second-order valence-corrected chi connectivity index (χ2v) is 4.32. The van der Waals surface area contributed by atoms with Gasteiger partial charge in [0.1, 0.15) is 6.10 Å². The van der Waals surface area contributed by atoms with Crippen molar-refractivity contribution in [1.82, 2.24) is 5.32 Å². The minimum atomic E-state index is -0.275. The highest BCUT2D eigenvalue weighted by Crippen LogP contribution is 2.18. The van der Waals surface area contributed by atoms with Gasteiger partial charge in [-0.05, 0) is 18.8 Å². The Morgan fingerprint density at radius 3 is 2.87 bits per heavy atom. The van der Waals surface area contributed by atoms with Crippen molar-refractivity contribution in [3.63, 3.8) is 0 Å². The van der Waals surface area contributed by atoms with Crippen molar-refractivity contribution in [2.45, 2.75) is 45.3 Å². The fraction of sp³-hybridized carbons (Fsp3) is 0.909. The van der Waals surface area contributed by atoms with E-state index in [2.05, 4.69) is 19.2 Å². The normalized spacial score (nSPS) is 27.7. The molecule has 88 valence electrons. The lowest BCUT2D eigenvalue weighted by atomic mass is 10.1. The Balaban J connectivity index is 2.23. The maximum Gasteiger partial charge on any atom is 0.249 e. The Kier molecular flexibility index (Phi) is 5.05. The molecule has 0 radical (unpaired) electrons. The van der Waals surface area contributed by atoms with Crippen molar-refractivity contribution >= 4 is 5.91 Å². The summed E-state index contributed by atoms with van der Waals surface area (Å²) in [6, 6.07) is 0. The van der Waals surface area contributed by atoms with Crippen LogP contribution < -0.4 is 11.1 Å². The summed E-state index contributed by atoms with van der Waals surface area (Å²) in [5.74, 6) is 0.548. The summed E-state index contributed by atoms with van der Waals surface area (Å²) in [7, 11) is 0. The van der Waals surface area contributed by atoms with Crippen molar-refractivity contribution in [3.05, 3.63) is 0 Å². The molecule has 0 aromatic carbocycles. The van der Waals surface area contributed by atoms with Crippen molar-refractivity contribution in [2.24, 2.45) is 11.7 Å². The maximum absolute atomic E-state index is 11.7. The van der Waals surface area contributed by atoms with Crippen LogP contribution in [0.2, 0.25) is 0 Å². The number of rotatable bonds is 5. The van der Waals surface area contributed by atoms with Gasteiger partial charge in [-0.3, -0.25) is 4.79 Å². The highest BCUT2D eigenvalue weighted by molar-refractivity contribution is 5.81. The van der Waals surface area contributed by atoms with Crippen LogP contribution in [0.15, 0.2) is 0 Å². The van der Waals surface area contributed by atoms with Crippen LogP contribution in [-0.4, -0.2) is 31.2 Å². The lowest BCUT2D eigenvalue weighted by Gasteiger charge is -2.14. The smallest absolute Gasteiger partial charge is 0.249 e. The Bertz CT molecular complexity index is 209. The standard InChI is InChI=1S/C11H22N2O2/c1-3-8(2)7-13-11(14)10-5-4-9(6-12)15-10/h8-10H,3-7,12H2,1-2H3,(H,13,14). The molecule has 0 saturated carbocycles. The first-order valence-corrected chi connectivity index (χ1v) is 5.80. The Morgan fingerprint density at radius 1 is 1.60 bits per heavy atom. The van der Waals surface area contributed by atoms with Crippen LogP contribution in [0.25, 0.3) is 0 Å². The molecular formula is C11H22N2O2. The molecule has 0 aliphatic carbocycles. The monoisotopic (exact) mass is 214 g/mol. The molecule has 1 aliphatic rings. The Labute approximate surface area is 91.5 Å². The molecule has 1 rings (SSSR count). The Hall–Kier alpha value is -0.610. The summed E-state index contributed by atoms with van der Waals surface area (Å²) in [4.78, 5) is 11.7. The minimum Gasteiger partial charge on any atom is -0.364 e. The molecule has 4 nitrogen and oxygen atoms in total. The molecule has 1 saturated heterocycles. The van der Waals surface area contributed by atoms with E-state index in [1.165, 1.54) is 0 Å². The zero-order valence-electron chi connectivity index (χ0n) is 9.66. The number of nitrogens with two attached hydrogens (primary N) is 1. The third-order valence-corrected chi connectivity index (χ3v) is 2.98. The van der Waals surface area contributed by atoms with Gasteiger partial charge >= 0.3 is 0 Å². The molecule has 15 heavy (non-hydrogen) atoms. The number of hydrogen-bond acceptors (Lipinski definition) is 3.